The Morgan fingerprint density at radius 3 is 2.45 bits per heavy atom. The summed E-state index contributed by atoms with van der Waals surface area (Å²) in [5.74, 6) is -0.598. The molecule has 0 radical (unpaired) electrons. The van der Waals surface area contributed by atoms with E-state index >= 15 is 0 Å². The second kappa shape index (κ2) is 6.31. The molecule has 1 aromatic heterocycles. The topological polar surface area (TPSA) is 89.3 Å². The lowest BCUT2D eigenvalue weighted by atomic mass is 10.2. The van der Waals surface area contributed by atoms with Crippen molar-refractivity contribution in [3.8, 4) is 0 Å². The Bertz CT molecular complexity index is 763. The monoisotopic (exact) mass is 322 g/mol. The van der Waals surface area contributed by atoms with Gasteiger partial charge in [0.05, 0.1) is 16.3 Å². The van der Waals surface area contributed by atoms with Crippen LogP contribution >= 0.6 is 0 Å². The van der Waals surface area contributed by atoms with Crippen molar-refractivity contribution in [3.63, 3.8) is 0 Å². The molecule has 0 saturated heterocycles. The molecule has 0 saturated carbocycles. The summed E-state index contributed by atoms with van der Waals surface area (Å²) in [6.45, 7) is 5.22. The number of amides is 1. The molecule has 0 unspecified atom stereocenters. The Morgan fingerprint density at radius 1 is 1.27 bits per heavy atom. The maximum Gasteiger partial charge on any atom is 0.290 e. The molecule has 0 fully saturated rings. The molecule has 118 valence electrons. The van der Waals surface area contributed by atoms with Gasteiger partial charge in [0, 0.05) is 12.1 Å². The lowest BCUT2D eigenvalue weighted by Crippen LogP contribution is -2.37. The maximum absolute atomic E-state index is 12.3. The van der Waals surface area contributed by atoms with Gasteiger partial charge in [0.15, 0.2) is 9.84 Å². The van der Waals surface area contributed by atoms with Crippen molar-refractivity contribution in [1.82, 2.24) is 10.5 Å². The molecule has 2 aromatic rings. The lowest BCUT2D eigenvalue weighted by Gasteiger charge is -2.13. The SMILES string of the molecule is Cc1ccc(S(=O)(=O)C[C@H](C)NC(=O)c2cc(C)no2)cc1. The highest BCUT2D eigenvalue weighted by Gasteiger charge is 2.21. The molecule has 22 heavy (non-hydrogen) atoms. The van der Waals surface area contributed by atoms with Crippen LogP contribution in [0.25, 0.3) is 0 Å². The van der Waals surface area contributed by atoms with Crippen molar-refractivity contribution in [1.29, 1.82) is 0 Å². The van der Waals surface area contributed by atoms with Gasteiger partial charge >= 0.3 is 0 Å². The van der Waals surface area contributed by atoms with Crippen LogP contribution in [-0.4, -0.2) is 31.3 Å². The molecule has 0 aliphatic carbocycles. The van der Waals surface area contributed by atoms with Gasteiger partial charge in [0.1, 0.15) is 0 Å². The molecule has 1 aromatic carbocycles. The van der Waals surface area contributed by atoms with Crippen LogP contribution < -0.4 is 5.32 Å². The van der Waals surface area contributed by atoms with Crippen LogP contribution in [0.1, 0.15) is 28.7 Å². The molecule has 0 aliphatic rings. The molecule has 0 spiro atoms. The zero-order chi connectivity index (χ0) is 16.3. The molecule has 1 heterocycles. The third kappa shape index (κ3) is 3.94. The highest BCUT2D eigenvalue weighted by atomic mass is 32.2. The summed E-state index contributed by atoms with van der Waals surface area (Å²) >= 11 is 0. The first kappa shape index (κ1) is 16.2. The van der Waals surface area contributed by atoms with Crippen LogP contribution in [0.15, 0.2) is 39.8 Å². The number of aryl methyl sites for hydroxylation is 2. The van der Waals surface area contributed by atoms with Crippen LogP contribution in [0.3, 0.4) is 0 Å². The molecule has 1 atom stereocenters. The number of carbonyl (C=O) groups is 1. The fraction of sp³-hybridized carbons (Fsp3) is 0.333. The van der Waals surface area contributed by atoms with Crippen LogP contribution in [0.5, 0.6) is 0 Å². The van der Waals surface area contributed by atoms with Crippen molar-refractivity contribution in [3.05, 3.63) is 47.3 Å². The second-order valence-electron chi connectivity index (χ2n) is 5.30. The van der Waals surface area contributed by atoms with Gasteiger partial charge in [-0.2, -0.15) is 0 Å². The van der Waals surface area contributed by atoms with Crippen molar-refractivity contribution in [2.75, 3.05) is 5.75 Å². The number of nitrogens with zero attached hydrogens (tertiary/aromatic N) is 1. The van der Waals surface area contributed by atoms with Crippen LogP contribution in [0.2, 0.25) is 0 Å². The Labute approximate surface area is 129 Å². The summed E-state index contributed by atoms with van der Waals surface area (Å²) in [6, 6.07) is 7.57. The standard InChI is InChI=1S/C15H18N2O4S/c1-10-4-6-13(7-5-10)22(19,20)9-12(3)16-15(18)14-8-11(2)17-21-14/h4-8,12H,9H2,1-3H3,(H,16,18)/t12-/m0/s1. The second-order valence-corrected chi connectivity index (χ2v) is 7.34. The molecule has 0 aliphatic heterocycles. The molecule has 1 amide bonds. The Hall–Kier alpha value is -2.15. The van der Waals surface area contributed by atoms with Crippen molar-refractivity contribution < 1.29 is 17.7 Å². The first-order chi connectivity index (χ1) is 10.3. The summed E-state index contributed by atoms with van der Waals surface area (Å²) in [5.41, 5.74) is 1.58. The molecule has 7 heteroatoms. The van der Waals surface area contributed by atoms with Crippen molar-refractivity contribution >= 4 is 15.7 Å². The van der Waals surface area contributed by atoms with Gasteiger partial charge in [-0.1, -0.05) is 22.9 Å². The van der Waals surface area contributed by atoms with Crippen LogP contribution in [0, 0.1) is 13.8 Å². The number of sulfone groups is 1. The van der Waals surface area contributed by atoms with E-state index in [0.29, 0.717) is 5.69 Å². The summed E-state index contributed by atoms with van der Waals surface area (Å²) in [4.78, 5) is 12.1. The molecule has 6 nitrogen and oxygen atoms in total. The van der Waals surface area contributed by atoms with Gasteiger partial charge in [0.25, 0.3) is 5.91 Å². The summed E-state index contributed by atoms with van der Waals surface area (Å²) in [5, 5.41) is 6.22. The fourth-order valence-corrected chi connectivity index (χ4v) is 3.46. The predicted molar refractivity (Wildman–Crippen MR) is 81.4 cm³/mol. The predicted octanol–water partition coefficient (Wildman–Crippen LogP) is 1.88. The normalized spacial score (nSPS) is 12.9. The Morgan fingerprint density at radius 2 is 1.91 bits per heavy atom. The molecule has 2 rings (SSSR count). The van der Waals surface area contributed by atoms with E-state index in [1.165, 1.54) is 6.07 Å². The molecule has 0 bridgehead atoms. The van der Waals surface area contributed by atoms with Crippen LogP contribution in [0.4, 0.5) is 0 Å². The lowest BCUT2D eigenvalue weighted by molar-refractivity contribution is 0.0906. The third-order valence-corrected chi connectivity index (χ3v) is 5.01. The Kier molecular flexibility index (Phi) is 4.65. The highest BCUT2D eigenvalue weighted by Crippen LogP contribution is 2.13. The largest absolute Gasteiger partial charge is 0.351 e. The number of hydrogen-bond donors (Lipinski definition) is 1. The van der Waals surface area contributed by atoms with Gasteiger partial charge in [-0.05, 0) is 32.9 Å². The molecule has 1 N–H and O–H groups in total. The van der Waals surface area contributed by atoms with Gasteiger partial charge in [-0.15, -0.1) is 0 Å². The smallest absolute Gasteiger partial charge is 0.290 e. The van der Waals surface area contributed by atoms with E-state index in [1.807, 2.05) is 6.92 Å². The zero-order valence-electron chi connectivity index (χ0n) is 12.7. The van der Waals surface area contributed by atoms with Gasteiger partial charge in [0.2, 0.25) is 5.76 Å². The van der Waals surface area contributed by atoms with E-state index in [1.54, 1.807) is 38.1 Å². The van der Waals surface area contributed by atoms with E-state index in [-0.39, 0.29) is 16.4 Å². The highest BCUT2D eigenvalue weighted by molar-refractivity contribution is 7.91. The Balaban J connectivity index is 2.03. The summed E-state index contributed by atoms with van der Waals surface area (Å²) < 4.78 is 29.4. The van der Waals surface area contributed by atoms with Gasteiger partial charge in [-0.25, -0.2) is 8.42 Å². The van der Waals surface area contributed by atoms with Gasteiger partial charge in [-0.3, -0.25) is 4.79 Å². The van der Waals surface area contributed by atoms with E-state index < -0.39 is 21.8 Å². The third-order valence-electron chi connectivity index (χ3n) is 3.08. The van der Waals surface area contributed by atoms with E-state index in [4.69, 9.17) is 4.52 Å². The first-order valence-corrected chi connectivity index (χ1v) is 8.47. The van der Waals surface area contributed by atoms with Crippen molar-refractivity contribution in [2.24, 2.45) is 0 Å². The summed E-state index contributed by atoms with van der Waals surface area (Å²) in [6.07, 6.45) is 0. The van der Waals surface area contributed by atoms with E-state index in [2.05, 4.69) is 10.5 Å². The van der Waals surface area contributed by atoms with Gasteiger partial charge < -0.3 is 9.84 Å². The first-order valence-electron chi connectivity index (χ1n) is 6.81. The minimum Gasteiger partial charge on any atom is -0.351 e. The minimum absolute atomic E-state index is 0.0667. The number of benzene rings is 1. The number of carbonyl (C=O) groups excluding carboxylic acids is 1. The average molecular weight is 322 g/mol. The summed E-state index contributed by atoms with van der Waals surface area (Å²) in [7, 11) is -3.46. The van der Waals surface area contributed by atoms with E-state index in [9.17, 15) is 13.2 Å². The van der Waals surface area contributed by atoms with E-state index in [0.717, 1.165) is 5.56 Å². The maximum atomic E-state index is 12.3. The number of hydrogen-bond acceptors (Lipinski definition) is 5. The van der Waals surface area contributed by atoms with Crippen LogP contribution in [-0.2, 0) is 9.84 Å². The fourth-order valence-electron chi connectivity index (χ4n) is 1.98. The molecular formula is C15H18N2O4S. The number of aromatic nitrogens is 1. The number of rotatable bonds is 5. The zero-order valence-corrected chi connectivity index (χ0v) is 13.5. The quantitative estimate of drug-likeness (QED) is 0.908. The van der Waals surface area contributed by atoms with Crippen molar-refractivity contribution in [2.45, 2.75) is 31.7 Å². The molecular weight excluding hydrogens is 304 g/mol. The number of nitrogens with one attached hydrogen (secondary N) is 1. The minimum atomic E-state index is -3.46. The average Bonchev–Trinajstić information content (AvgIpc) is 2.85.